The van der Waals surface area contributed by atoms with Crippen molar-refractivity contribution < 1.29 is 0 Å². The van der Waals surface area contributed by atoms with E-state index >= 15 is 0 Å². The van der Waals surface area contributed by atoms with Crippen molar-refractivity contribution in [2.75, 3.05) is 0 Å². The van der Waals surface area contributed by atoms with Crippen molar-refractivity contribution in [2.24, 2.45) is 0 Å². The summed E-state index contributed by atoms with van der Waals surface area (Å²) < 4.78 is 0. The summed E-state index contributed by atoms with van der Waals surface area (Å²) in [5.74, 6) is 1.58. The predicted molar refractivity (Wildman–Crippen MR) is 80.4 cm³/mol. The largest absolute Gasteiger partial charge is 0.117 e. The maximum Gasteiger partial charge on any atom is 0.0715 e. The van der Waals surface area contributed by atoms with Gasteiger partial charge in [-0.05, 0) is 12.8 Å². The van der Waals surface area contributed by atoms with Gasteiger partial charge in [-0.15, -0.1) is 11.6 Å². The number of hydrogen-bond donors (Lipinski definition) is 0. The second-order valence-electron chi connectivity index (χ2n) is 4.88. The van der Waals surface area contributed by atoms with Gasteiger partial charge in [-0.1, -0.05) is 83.3 Å². The van der Waals surface area contributed by atoms with E-state index < -0.39 is 0 Å². The summed E-state index contributed by atoms with van der Waals surface area (Å²) in [6.45, 7) is 2.28. The first-order valence-corrected chi connectivity index (χ1v) is 7.94. The van der Waals surface area contributed by atoms with Gasteiger partial charge in [0.15, 0.2) is 0 Å². The monoisotopic (exact) mass is 257 g/mol. The van der Waals surface area contributed by atoms with Crippen LogP contribution in [0, 0.1) is 5.88 Å². The van der Waals surface area contributed by atoms with E-state index in [1.54, 1.807) is 5.88 Å². The molecule has 1 radical (unpaired) electrons. The van der Waals surface area contributed by atoms with Gasteiger partial charge in [0.1, 0.15) is 0 Å². The second kappa shape index (κ2) is 16.0. The number of hydrogen-bond acceptors (Lipinski definition) is 0. The maximum absolute atomic E-state index is 5.43. The quantitative estimate of drug-likeness (QED) is 0.324. The van der Waals surface area contributed by atoms with E-state index in [-0.39, 0.29) is 0 Å². The second-order valence-corrected chi connectivity index (χ2v) is 5.13. The van der Waals surface area contributed by atoms with Crippen LogP contribution in [0.4, 0.5) is 0 Å². The molecule has 0 rings (SSSR count). The molecule has 0 aliphatic rings. The molecular formula is C16H30Cl. The zero-order valence-electron chi connectivity index (χ0n) is 11.6. The van der Waals surface area contributed by atoms with Crippen LogP contribution in [0.1, 0.15) is 84.0 Å². The normalized spacial score (nSPS) is 11.4. The molecule has 1 heteroatoms. The van der Waals surface area contributed by atoms with Gasteiger partial charge in [-0.3, -0.25) is 0 Å². The molecule has 0 aromatic heterocycles. The van der Waals surface area contributed by atoms with E-state index in [1.165, 1.54) is 77.0 Å². The highest BCUT2D eigenvalue weighted by atomic mass is 35.5. The molecule has 0 amide bonds. The topological polar surface area (TPSA) is 0 Å². The maximum atomic E-state index is 5.43. The lowest BCUT2D eigenvalue weighted by atomic mass is 10.1. The Labute approximate surface area is 114 Å². The van der Waals surface area contributed by atoms with Crippen molar-refractivity contribution in [3.05, 3.63) is 18.0 Å². The summed E-state index contributed by atoms with van der Waals surface area (Å²) in [6, 6.07) is 0. The molecule has 17 heavy (non-hydrogen) atoms. The minimum Gasteiger partial charge on any atom is -0.117 e. The van der Waals surface area contributed by atoms with Crippen molar-refractivity contribution in [1.82, 2.24) is 0 Å². The van der Waals surface area contributed by atoms with E-state index in [0.29, 0.717) is 0 Å². The van der Waals surface area contributed by atoms with E-state index in [1.807, 2.05) is 6.08 Å². The van der Waals surface area contributed by atoms with Crippen LogP contribution in [-0.2, 0) is 0 Å². The Morgan fingerprint density at radius 1 is 0.706 bits per heavy atom. The van der Waals surface area contributed by atoms with Crippen molar-refractivity contribution in [3.8, 4) is 0 Å². The summed E-state index contributed by atoms with van der Waals surface area (Å²) in [4.78, 5) is 0. The lowest BCUT2D eigenvalue weighted by Crippen LogP contribution is -1.81. The Kier molecular flexibility index (Phi) is 16.1. The minimum absolute atomic E-state index is 1.18. The Morgan fingerprint density at radius 3 is 1.65 bits per heavy atom. The van der Waals surface area contributed by atoms with Crippen molar-refractivity contribution in [1.29, 1.82) is 0 Å². The Hall–Kier alpha value is 0.0300. The molecule has 0 atom stereocenters. The first kappa shape index (κ1) is 17.0. The fourth-order valence-corrected chi connectivity index (χ4v) is 2.18. The van der Waals surface area contributed by atoms with Crippen molar-refractivity contribution >= 4 is 11.6 Å². The van der Waals surface area contributed by atoms with Gasteiger partial charge in [-0.25, -0.2) is 0 Å². The number of allylic oxidation sites excluding steroid dienone is 2. The molecule has 0 aliphatic heterocycles. The highest BCUT2D eigenvalue weighted by Gasteiger charge is 1.92. The van der Waals surface area contributed by atoms with Crippen LogP contribution < -0.4 is 0 Å². The molecule has 0 nitrogen and oxygen atoms in total. The molecule has 0 spiro atoms. The summed E-state index contributed by atoms with van der Waals surface area (Å²) in [6.07, 6.45) is 20.8. The molecule has 0 heterocycles. The zero-order valence-corrected chi connectivity index (χ0v) is 12.4. The highest BCUT2D eigenvalue weighted by molar-refractivity contribution is 6.24. The Balaban J connectivity index is 2.91. The molecule has 0 saturated heterocycles. The average molecular weight is 258 g/mol. The number of halogens is 1. The van der Waals surface area contributed by atoms with E-state index in [4.69, 9.17) is 11.6 Å². The lowest BCUT2D eigenvalue weighted by Gasteiger charge is -2.01. The molecule has 0 aromatic carbocycles. The summed E-state index contributed by atoms with van der Waals surface area (Å²) in [5, 5.41) is 0. The number of unbranched alkanes of at least 4 members (excludes halogenated alkanes) is 11. The third-order valence-corrected chi connectivity index (χ3v) is 3.33. The molecule has 0 N–H and O–H groups in total. The smallest absolute Gasteiger partial charge is 0.0715 e. The molecule has 101 valence electrons. The fraction of sp³-hybridized carbons (Fsp3) is 0.812. The van der Waals surface area contributed by atoms with Gasteiger partial charge in [0, 0.05) is 0 Å². The van der Waals surface area contributed by atoms with Crippen LogP contribution in [0.2, 0.25) is 0 Å². The van der Waals surface area contributed by atoms with Crippen LogP contribution in [0.3, 0.4) is 0 Å². The first-order chi connectivity index (χ1) is 8.41. The Morgan fingerprint density at radius 2 is 1.18 bits per heavy atom. The van der Waals surface area contributed by atoms with E-state index in [0.717, 1.165) is 0 Å². The zero-order chi connectivity index (χ0) is 12.6. The van der Waals surface area contributed by atoms with Gasteiger partial charge < -0.3 is 0 Å². The van der Waals surface area contributed by atoms with Gasteiger partial charge in [0.2, 0.25) is 0 Å². The van der Waals surface area contributed by atoms with Crippen LogP contribution in [0.25, 0.3) is 0 Å². The average Bonchev–Trinajstić information content (AvgIpc) is 2.35. The molecule has 0 aromatic rings. The molecule has 0 bridgehead atoms. The van der Waals surface area contributed by atoms with Crippen LogP contribution >= 0.6 is 11.6 Å². The third kappa shape index (κ3) is 16.0. The van der Waals surface area contributed by atoms with Crippen molar-refractivity contribution in [3.63, 3.8) is 0 Å². The van der Waals surface area contributed by atoms with E-state index in [9.17, 15) is 0 Å². The molecular weight excluding hydrogens is 228 g/mol. The van der Waals surface area contributed by atoms with Crippen LogP contribution in [0.15, 0.2) is 12.2 Å². The molecule has 0 fully saturated rings. The first-order valence-electron chi connectivity index (χ1n) is 7.50. The third-order valence-electron chi connectivity index (χ3n) is 3.18. The van der Waals surface area contributed by atoms with Gasteiger partial charge in [0.05, 0.1) is 5.88 Å². The predicted octanol–water partition coefficient (Wildman–Crippen LogP) is 6.64. The summed E-state index contributed by atoms with van der Waals surface area (Å²) in [5.41, 5.74) is 0. The summed E-state index contributed by atoms with van der Waals surface area (Å²) >= 11 is 5.43. The van der Waals surface area contributed by atoms with E-state index in [2.05, 4.69) is 13.0 Å². The van der Waals surface area contributed by atoms with Gasteiger partial charge >= 0.3 is 0 Å². The number of rotatable bonds is 13. The molecule has 0 unspecified atom stereocenters. The standard InChI is InChI=1S/C16H30Cl/c1-2-3-4-5-6-7-8-9-10-11-12-13-14-15-16-17/h14-16H,2-13H2,1H3. The fourth-order valence-electron chi connectivity index (χ4n) is 2.07. The molecule has 0 saturated carbocycles. The Bertz CT molecular complexity index is 152. The van der Waals surface area contributed by atoms with Crippen LogP contribution in [-0.4, -0.2) is 0 Å². The minimum atomic E-state index is 1.18. The highest BCUT2D eigenvalue weighted by Crippen LogP contribution is 2.12. The lowest BCUT2D eigenvalue weighted by molar-refractivity contribution is 0.550. The van der Waals surface area contributed by atoms with Gasteiger partial charge in [-0.2, -0.15) is 0 Å². The summed E-state index contributed by atoms with van der Waals surface area (Å²) in [7, 11) is 0. The van der Waals surface area contributed by atoms with Gasteiger partial charge in [0.25, 0.3) is 0 Å². The SMILES string of the molecule is CCCCCCCCCCCCCC=C[CH]Cl. The van der Waals surface area contributed by atoms with Crippen molar-refractivity contribution in [2.45, 2.75) is 84.0 Å². The molecule has 0 aliphatic carbocycles. The van der Waals surface area contributed by atoms with Crippen LogP contribution in [0.5, 0.6) is 0 Å².